The average Bonchev–Trinajstić information content (AvgIpc) is 2.15. The predicted octanol–water partition coefficient (Wildman–Crippen LogP) is 2.74. The average molecular weight is 263 g/mol. The zero-order valence-electron chi connectivity index (χ0n) is 7.17. The molecule has 0 aliphatic carbocycles. The molecule has 0 bridgehead atoms. The first-order chi connectivity index (χ1) is 6.65. The molecular weight excluding hydrogens is 255 g/mol. The van der Waals surface area contributed by atoms with E-state index in [-0.39, 0.29) is 12.2 Å². The Balaban J connectivity index is 2.84. The number of hydrogen-bond donors (Lipinski definition) is 1. The molecule has 4 nitrogen and oxygen atoms in total. The second-order valence-corrected chi connectivity index (χ2v) is 3.39. The molecule has 0 fully saturated rings. The maximum absolute atomic E-state index is 11.8. The van der Waals surface area contributed by atoms with Crippen molar-refractivity contribution in [2.75, 3.05) is 18.5 Å². The number of nitrogens with one attached hydrogen (secondary N) is 1. The van der Waals surface area contributed by atoms with Gasteiger partial charge >= 0.3 is 0 Å². The van der Waals surface area contributed by atoms with E-state index in [0.29, 0.717) is 10.2 Å². The highest BCUT2D eigenvalue weighted by molar-refractivity contribution is 9.10. The molecule has 0 aliphatic heterocycles. The van der Waals surface area contributed by atoms with Crippen LogP contribution in [-0.4, -0.2) is 18.1 Å². The van der Waals surface area contributed by atoms with E-state index >= 15 is 0 Å². The molecule has 0 atom stereocenters. The Labute approximate surface area is 88.4 Å². The van der Waals surface area contributed by atoms with Gasteiger partial charge in [0.2, 0.25) is 0 Å². The Bertz CT molecular complexity index is 346. The third kappa shape index (κ3) is 2.66. The summed E-state index contributed by atoms with van der Waals surface area (Å²) in [7, 11) is 0. The van der Waals surface area contributed by atoms with E-state index in [1.807, 2.05) is 0 Å². The van der Waals surface area contributed by atoms with Gasteiger partial charge in [0.1, 0.15) is 6.67 Å². The number of benzene rings is 1. The third-order valence-corrected chi connectivity index (χ3v) is 2.23. The van der Waals surface area contributed by atoms with Gasteiger partial charge in [0.15, 0.2) is 0 Å². The molecule has 0 saturated carbocycles. The van der Waals surface area contributed by atoms with E-state index in [4.69, 9.17) is 0 Å². The second kappa shape index (κ2) is 4.90. The smallest absolute Gasteiger partial charge is 0.270 e. The van der Waals surface area contributed by atoms with Crippen LogP contribution in [0.4, 0.5) is 15.8 Å². The molecule has 76 valence electrons. The molecule has 6 heteroatoms. The van der Waals surface area contributed by atoms with Gasteiger partial charge in [-0.25, -0.2) is 4.39 Å². The van der Waals surface area contributed by atoms with Crippen molar-refractivity contribution < 1.29 is 9.31 Å². The highest BCUT2D eigenvalue weighted by atomic mass is 79.9. The van der Waals surface area contributed by atoms with Crippen LogP contribution in [0.5, 0.6) is 0 Å². The van der Waals surface area contributed by atoms with Gasteiger partial charge < -0.3 is 5.32 Å². The van der Waals surface area contributed by atoms with E-state index in [2.05, 4.69) is 21.2 Å². The van der Waals surface area contributed by atoms with Crippen LogP contribution in [0.25, 0.3) is 0 Å². The Morgan fingerprint density at radius 3 is 2.79 bits per heavy atom. The maximum atomic E-state index is 11.8. The SMILES string of the molecule is O=[N+]([O-])c1ccc(NCCF)c(Br)c1. The highest BCUT2D eigenvalue weighted by Gasteiger charge is 2.08. The van der Waals surface area contributed by atoms with Gasteiger partial charge in [-0.15, -0.1) is 0 Å². The summed E-state index contributed by atoms with van der Waals surface area (Å²) >= 11 is 3.16. The number of alkyl halides is 1. The summed E-state index contributed by atoms with van der Waals surface area (Å²) in [6, 6.07) is 4.28. The van der Waals surface area contributed by atoms with Gasteiger partial charge in [-0.2, -0.15) is 0 Å². The minimum atomic E-state index is -0.483. The molecule has 1 aromatic carbocycles. The van der Waals surface area contributed by atoms with E-state index < -0.39 is 11.6 Å². The first-order valence-corrected chi connectivity index (χ1v) is 4.68. The van der Waals surface area contributed by atoms with Crippen molar-refractivity contribution in [2.24, 2.45) is 0 Å². The summed E-state index contributed by atoms with van der Waals surface area (Å²) < 4.78 is 12.4. The number of non-ortho nitro benzene ring substituents is 1. The lowest BCUT2D eigenvalue weighted by atomic mass is 10.3. The van der Waals surface area contributed by atoms with E-state index in [9.17, 15) is 14.5 Å². The Hall–Kier alpha value is -1.17. The molecule has 1 N–H and O–H groups in total. The molecule has 0 unspecified atom stereocenters. The highest BCUT2D eigenvalue weighted by Crippen LogP contribution is 2.26. The van der Waals surface area contributed by atoms with Gasteiger partial charge in [0, 0.05) is 28.8 Å². The molecule has 0 saturated heterocycles. The Morgan fingerprint density at radius 2 is 2.29 bits per heavy atom. The Morgan fingerprint density at radius 1 is 1.57 bits per heavy atom. The number of hydrogen-bond acceptors (Lipinski definition) is 3. The molecule has 0 heterocycles. The lowest BCUT2D eigenvalue weighted by molar-refractivity contribution is -0.384. The van der Waals surface area contributed by atoms with Crippen LogP contribution in [-0.2, 0) is 0 Å². The van der Waals surface area contributed by atoms with E-state index in [1.165, 1.54) is 18.2 Å². The Kier molecular flexibility index (Phi) is 3.82. The zero-order chi connectivity index (χ0) is 10.6. The molecule has 0 amide bonds. The lowest BCUT2D eigenvalue weighted by Gasteiger charge is -2.05. The molecule has 0 spiro atoms. The summed E-state index contributed by atoms with van der Waals surface area (Å²) in [6.07, 6.45) is 0. The van der Waals surface area contributed by atoms with Crippen molar-refractivity contribution in [3.8, 4) is 0 Å². The number of nitro groups is 1. The summed E-state index contributed by atoms with van der Waals surface area (Å²) in [5.41, 5.74) is 0.649. The minimum Gasteiger partial charge on any atom is -0.382 e. The maximum Gasteiger partial charge on any atom is 0.270 e. The number of nitro benzene ring substituents is 1. The number of halogens is 2. The van der Waals surface area contributed by atoms with Crippen molar-refractivity contribution in [3.63, 3.8) is 0 Å². The predicted molar refractivity (Wildman–Crippen MR) is 55.3 cm³/mol. The fraction of sp³-hybridized carbons (Fsp3) is 0.250. The number of nitrogens with zero attached hydrogens (tertiary/aromatic N) is 1. The minimum absolute atomic E-state index is 0.00248. The van der Waals surface area contributed by atoms with Crippen LogP contribution in [0.2, 0.25) is 0 Å². The monoisotopic (exact) mass is 262 g/mol. The van der Waals surface area contributed by atoms with Crippen LogP contribution in [0.3, 0.4) is 0 Å². The van der Waals surface area contributed by atoms with E-state index in [0.717, 1.165) is 0 Å². The van der Waals surface area contributed by atoms with E-state index in [1.54, 1.807) is 0 Å². The third-order valence-electron chi connectivity index (χ3n) is 1.57. The summed E-state index contributed by atoms with van der Waals surface area (Å²) in [5.74, 6) is 0. The van der Waals surface area contributed by atoms with Gasteiger partial charge in [0.25, 0.3) is 5.69 Å². The summed E-state index contributed by atoms with van der Waals surface area (Å²) in [6.45, 7) is -0.292. The number of anilines is 1. The second-order valence-electron chi connectivity index (χ2n) is 2.54. The van der Waals surface area contributed by atoms with Crippen LogP contribution in [0.15, 0.2) is 22.7 Å². The van der Waals surface area contributed by atoms with Gasteiger partial charge in [0.05, 0.1) is 4.92 Å². The normalized spacial score (nSPS) is 9.86. The fourth-order valence-electron chi connectivity index (χ4n) is 0.943. The molecule has 1 rings (SSSR count). The molecule has 0 aromatic heterocycles. The fourth-order valence-corrected chi connectivity index (χ4v) is 1.45. The topological polar surface area (TPSA) is 55.2 Å². The quantitative estimate of drug-likeness (QED) is 0.671. The molecule has 0 radical (unpaired) electrons. The lowest BCUT2D eigenvalue weighted by Crippen LogP contribution is -2.03. The van der Waals surface area contributed by atoms with Gasteiger partial charge in [-0.3, -0.25) is 10.1 Å². The number of rotatable bonds is 4. The van der Waals surface area contributed by atoms with Gasteiger partial charge in [-0.1, -0.05) is 0 Å². The van der Waals surface area contributed by atoms with Crippen molar-refractivity contribution >= 4 is 27.3 Å². The molecule has 0 aliphatic rings. The van der Waals surface area contributed by atoms with Crippen molar-refractivity contribution in [3.05, 3.63) is 32.8 Å². The standard InChI is InChI=1S/C8H8BrFN2O2/c9-7-5-6(12(13)14)1-2-8(7)11-4-3-10/h1-2,5,11H,3-4H2. The van der Waals surface area contributed by atoms with Crippen LogP contribution < -0.4 is 5.32 Å². The van der Waals surface area contributed by atoms with Gasteiger partial charge in [-0.05, 0) is 22.0 Å². The van der Waals surface area contributed by atoms with Crippen molar-refractivity contribution in [1.29, 1.82) is 0 Å². The molecule has 1 aromatic rings. The first-order valence-electron chi connectivity index (χ1n) is 3.89. The summed E-state index contributed by atoms with van der Waals surface area (Å²) in [5, 5.41) is 13.2. The van der Waals surface area contributed by atoms with Crippen molar-refractivity contribution in [2.45, 2.75) is 0 Å². The molecular formula is C8H8BrFN2O2. The summed E-state index contributed by atoms with van der Waals surface area (Å²) in [4.78, 5) is 9.90. The van der Waals surface area contributed by atoms with Crippen LogP contribution >= 0.6 is 15.9 Å². The first kappa shape index (κ1) is 10.9. The largest absolute Gasteiger partial charge is 0.382 e. The zero-order valence-corrected chi connectivity index (χ0v) is 8.75. The van der Waals surface area contributed by atoms with Crippen molar-refractivity contribution in [1.82, 2.24) is 0 Å². The van der Waals surface area contributed by atoms with Crippen LogP contribution in [0, 0.1) is 10.1 Å². The van der Waals surface area contributed by atoms with Crippen LogP contribution in [0.1, 0.15) is 0 Å². The molecule has 14 heavy (non-hydrogen) atoms.